The van der Waals surface area contributed by atoms with Crippen LogP contribution in [0.15, 0.2) is 212 Å². The highest BCUT2D eigenvalue weighted by Gasteiger charge is 2.19. The normalized spacial score (nSPS) is 11.9. The molecule has 0 spiro atoms. The Kier molecular flexibility index (Phi) is 6.93. The third kappa shape index (κ3) is 4.86. The molecule has 0 aliphatic carbocycles. The quantitative estimate of drug-likeness (QED) is 0.168. The van der Waals surface area contributed by atoms with E-state index in [9.17, 15) is 0 Å². The van der Waals surface area contributed by atoms with Crippen LogP contribution >= 0.6 is 0 Å². The third-order valence-corrected chi connectivity index (χ3v) is 11.8. The van der Waals surface area contributed by atoms with Crippen LogP contribution in [0.5, 0.6) is 0 Å². The summed E-state index contributed by atoms with van der Waals surface area (Å²) in [7, 11) is 0. The highest BCUT2D eigenvalue weighted by atomic mass is 15.0. The Hall–Kier alpha value is -7.62. The molecule has 12 aromatic rings. The Labute approximate surface area is 329 Å². The lowest BCUT2D eigenvalue weighted by atomic mass is 9.97. The minimum Gasteiger partial charge on any atom is -0.309 e. The first kappa shape index (κ1) is 31.7. The Morgan fingerprint density at radius 2 is 0.544 bits per heavy atom. The summed E-state index contributed by atoms with van der Waals surface area (Å²) in [6.45, 7) is 0. The highest BCUT2D eigenvalue weighted by Crippen LogP contribution is 2.41. The average molecular weight is 726 g/mol. The van der Waals surface area contributed by atoms with Gasteiger partial charge in [-0.3, -0.25) is 0 Å². The van der Waals surface area contributed by atoms with Crippen molar-refractivity contribution in [3.8, 4) is 39.3 Å². The largest absolute Gasteiger partial charge is 0.309 e. The third-order valence-electron chi connectivity index (χ3n) is 11.8. The lowest BCUT2D eigenvalue weighted by Gasteiger charge is -2.11. The van der Waals surface area contributed by atoms with Crippen molar-refractivity contribution in [2.45, 2.75) is 0 Å². The van der Waals surface area contributed by atoms with Crippen molar-refractivity contribution in [1.29, 1.82) is 0 Å². The second-order valence-electron chi connectivity index (χ2n) is 15.0. The van der Waals surface area contributed by atoms with E-state index in [1.807, 2.05) is 0 Å². The molecule has 0 unspecified atom stereocenters. The van der Waals surface area contributed by atoms with E-state index >= 15 is 0 Å². The number of rotatable bonds is 5. The fourth-order valence-electron chi connectivity index (χ4n) is 9.25. The Morgan fingerprint density at radius 1 is 0.193 bits per heavy atom. The monoisotopic (exact) mass is 725 g/mol. The molecule has 3 nitrogen and oxygen atoms in total. The Bertz CT molecular complexity index is 3500. The number of nitrogens with zero attached hydrogens (tertiary/aromatic N) is 3. The lowest BCUT2D eigenvalue weighted by molar-refractivity contribution is 1.16. The maximum atomic E-state index is 2.45. The predicted molar refractivity (Wildman–Crippen MR) is 240 cm³/mol. The number of aromatic nitrogens is 3. The SMILES string of the molecule is c1ccc(-n2c3ccccc3c3ccc(-c4cccc(-c5ccc6c7cc8c9ccccc9n(-c9ccccc9)c8cc7n(-c7ccccc7)c6c5)c4)cc32)cc1. The van der Waals surface area contributed by atoms with E-state index < -0.39 is 0 Å². The maximum Gasteiger partial charge on any atom is 0.0562 e. The molecule has 3 heteroatoms. The summed E-state index contributed by atoms with van der Waals surface area (Å²) in [5.74, 6) is 0. The van der Waals surface area contributed by atoms with Gasteiger partial charge in [0, 0.05) is 49.4 Å². The van der Waals surface area contributed by atoms with Gasteiger partial charge in [0.05, 0.1) is 33.1 Å². The van der Waals surface area contributed by atoms with Crippen LogP contribution in [0.3, 0.4) is 0 Å². The molecule has 12 rings (SSSR count). The first-order valence-corrected chi connectivity index (χ1v) is 19.6. The molecule has 0 N–H and O–H groups in total. The van der Waals surface area contributed by atoms with Gasteiger partial charge in [-0.2, -0.15) is 0 Å². The highest BCUT2D eigenvalue weighted by molar-refractivity contribution is 6.19. The first-order chi connectivity index (χ1) is 28.3. The van der Waals surface area contributed by atoms with E-state index in [1.165, 1.54) is 93.4 Å². The van der Waals surface area contributed by atoms with E-state index in [1.54, 1.807) is 0 Å². The van der Waals surface area contributed by atoms with Gasteiger partial charge in [-0.05, 0) is 101 Å². The van der Waals surface area contributed by atoms with Crippen LogP contribution in [0, 0.1) is 0 Å². The van der Waals surface area contributed by atoms with Crippen LogP contribution in [0.2, 0.25) is 0 Å². The summed E-state index contributed by atoms with van der Waals surface area (Å²) in [6.07, 6.45) is 0. The summed E-state index contributed by atoms with van der Waals surface area (Å²) in [5, 5.41) is 7.53. The number of fused-ring (bicyclic) bond motifs is 9. The number of benzene rings is 9. The van der Waals surface area contributed by atoms with Crippen molar-refractivity contribution < 1.29 is 0 Å². The summed E-state index contributed by atoms with van der Waals surface area (Å²) >= 11 is 0. The second kappa shape index (κ2) is 12.5. The smallest absolute Gasteiger partial charge is 0.0562 e. The number of para-hydroxylation sites is 5. The maximum absolute atomic E-state index is 2.45. The van der Waals surface area contributed by atoms with Gasteiger partial charge >= 0.3 is 0 Å². The molecule has 3 heterocycles. The topological polar surface area (TPSA) is 14.8 Å². The number of hydrogen-bond acceptors (Lipinski definition) is 0. The van der Waals surface area contributed by atoms with Crippen molar-refractivity contribution in [1.82, 2.24) is 13.7 Å². The molecule has 266 valence electrons. The molecule has 0 aliphatic heterocycles. The van der Waals surface area contributed by atoms with Gasteiger partial charge in [0.25, 0.3) is 0 Å². The van der Waals surface area contributed by atoms with E-state index in [2.05, 4.69) is 226 Å². The van der Waals surface area contributed by atoms with Crippen LogP contribution < -0.4 is 0 Å². The minimum atomic E-state index is 1.15. The van der Waals surface area contributed by atoms with Gasteiger partial charge in [0.1, 0.15) is 0 Å². The van der Waals surface area contributed by atoms with Crippen molar-refractivity contribution >= 4 is 65.4 Å². The Balaban J connectivity index is 1.05. The molecule has 0 atom stereocenters. The summed E-state index contributed by atoms with van der Waals surface area (Å²) in [4.78, 5) is 0. The summed E-state index contributed by atoms with van der Waals surface area (Å²) < 4.78 is 7.24. The van der Waals surface area contributed by atoms with E-state index in [0.29, 0.717) is 0 Å². The first-order valence-electron chi connectivity index (χ1n) is 19.6. The molecule has 0 saturated heterocycles. The predicted octanol–water partition coefficient (Wildman–Crippen LogP) is 14.3. The molecule has 0 aliphatic rings. The van der Waals surface area contributed by atoms with Crippen LogP contribution in [-0.4, -0.2) is 13.7 Å². The number of hydrogen-bond donors (Lipinski definition) is 0. The molecular formula is C54H35N3. The molecular weight excluding hydrogens is 691 g/mol. The van der Waals surface area contributed by atoms with Crippen LogP contribution in [0.4, 0.5) is 0 Å². The van der Waals surface area contributed by atoms with Crippen molar-refractivity contribution in [3.63, 3.8) is 0 Å². The Morgan fingerprint density at radius 3 is 1.04 bits per heavy atom. The van der Waals surface area contributed by atoms with Crippen molar-refractivity contribution in [2.75, 3.05) is 0 Å². The van der Waals surface area contributed by atoms with E-state index in [4.69, 9.17) is 0 Å². The fraction of sp³-hybridized carbons (Fsp3) is 0. The molecule has 0 amide bonds. The molecule has 0 saturated carbocycles. The standard InChI is InChI=1S/C54H35N3/c1-4-17-40(18-5-1)55-49-25-12-10-23-43(49)45-29-27-38(32-51(45)55)36-15-14-16-37(31-36)39-28-30-46-48-34-47-44-24-11-13-26-50(44)56(41-19-6-2-7-20-41)53(47)35-54(48)57(52(46)33-39)42-21-8-3-9-22-42/h1-35H. The zero-order valence-corrected chi connectivity index (χ0v) is 31.0. The van der Waals surface area contributed by atoms with Gasteiger partial charge in [-0.1, -0.05) is 133 Å². The van der Waals surface area contributed by atoms with E-state index in [-0.39, 0.29) is 0 Å². The summed E-state index contributed by atoms with van der Waals surface area (Å²) in [6, 6.07) is 77.4. The van der Waals surface area contributed by atoms with E-state index in [0.717, 1.165) is 11.4 Å². The summed E-state index contributed by atoms with van der Waals surface area (Å²) in [5.41, 5.74) is 15.5. The lowest BCUT2D eigenvalue weighted by Crippen LogP contribution is -1.95. The van der Waals surface area contributed by atoms with Gasteiger partial charge in [0.2, 0.25) is 0 Å². The second-order valence-corrected chi connectivity index (χ2v) is 15.0. The molecule has 9 aromatic carbocycles. The van der Waals surface area contributed by atoms with Gasteiger partial charge in [-0.15, -0.1) is 0 Å². The zero-order valence-electron chi connectivity index (χ0n) is 31.0. The van der Waals surface area contributed by atoms with Crippen LogP contribution in [0.1, 0.15) is 0 Å². The molecule has 0 fully saturated rings. The van der Waals surface area contributed by atoms with Gasteiger partial charge < -0.3 is 13.7 Å². The van der Waals surface area contributed by atoms with Gasteiger partial charge in [0.15, 0.2) is 0 Å². The van der Waals surface area contributed by atoms with Crippen molar-refractivity contribution in [3.05, 3.63) is 212 Å². The molecule has 0 radical (unpaired) electrons. The molecule has 57 heavy (non-hydrogen) atoms. The van der Waals surface area contributed by atoms with Crippen LogP contribution in [-0.2, 0) is 0 Å². The fourth-order valence-corrected chi connectivity index (χ4v) is 9.25. The minimum absolute atomic E-state index is 1.15. The van der Waals surface area contributed by atoms with Gasteiger partial charge in [-0.25, -0.2) is 0 Å². The van der Waals surface area contributed by atoms with Crippen molar-refractivity contribution in [2.24, 2.45) is 0 Å². The van der Waals surface area contributed by atoms with Crippen LogP contribution in [0.25, 0.3) is 105 Å². The average Bonchev–Trinajstić information content (AvgIpc) is 3.91. The molecule has 0 bridgehead atoms. The molecule has 3 aromatic heterocycles. The zero-order chi connectivity index (χ0) is 37.5.